The summed E-state index contributed by atoms with van der Waals surface area (Å²) >= 11 is 3.35. The first-order valence-electron chi connectivity index (χ1n) is 7.38. The average Bonchev–Trinajstić information content (AvgIpc) is 2.48. The molecule has 0 radical (unpaired) electrons. The fourth-order valence-corrected chi connectivity index (χ4v) is 3.07. The third kappa shape index (κ3) is 4.53. The zero-order chi connectivity index (χ0) is 16.1. The number of benzene rings is 1. The molecule has 0 saturated carbocycles. The van der Waals surface area contributed by atoms with E-state index in [0.29, 0.717) is 5.69 Å². The van der Waals surface area contributed by atoms with Gasteiger partial charge in [-0.15, -0.1) is 0 Å². The van der Waals surface area contributed by atoms with Crippen molar-refractivity contribution in [3.8, 4) is 0 Å². The number of para-hydroxylation sites is 1. The lowest BCUT2D eigenvalue weighted by atomic mass is 10.1. The van der Waals surface area contributed by atoms with Crippen molar-refractivity contribution < 1.29 is 24.5 Å². The first-order valence-corrected chi connectivity index (χ1v) is 8.18. The molecule has 0 unspecified atom stereocenters. The van der Waals surface area contributed by atoms with Crippen molar-refractivity contribution in [2.24, 2.45) is 0 Å². The minimum atomic E-state index is -1.16. The summed E-state index contributed by atoms with van der Waals surface area (Å²) < 4.78 is 0.767. The van der Waals surface area contributed by atoms with Gasteiger partial charge in [0, 0.05) is 4.47 Å². The number of halogens is 1. The average molecular weight is 371 g/mol. The molecule has 7 heteroatoms. The van der Waals surface area contributed by atoms with Gasteiger partial charge in [-0.2, -0.15) is 0 Å². The first kappa shape index (κ1) is 16.9. The minimum Gasteiger partial charge on any atom is -0.544 e. The second-order valence-electron chi connectivity index (χ2n) is 5.72. The van der Waals surface area contributed by atoms with Crippen LogP contribution in [-0.4, -0.2) is 51.1 Å². The van der Waals surface area contributed by atoms with E-state index in [0.717, 1.165) is 35.6 Å². The molecule has 1 aromatic carbocycles. The lowest BCUT2D eigenvalue weighted by Crippen LogP contribution is -3.29. The van der Waals surface area contributed by atoms with Crippen LogP contribution in [0.2, 0.25) is 0 Å². The van der Waals surface area contributed by atoms with E-state index in [-0.39, 0.29) is 12.3 Å². The number of hydrogen-bond acceptors (Lipinski definition) is 3. The van der Waals surface area contributed by atoms with E-state index >= 15 is 0 Å². The van der Waals surface area contributed by atoms with Gasteiger partial charge in [0.1, 0.15) is 32.2 Å². The van der Waals surface area contributed by atoms with Crippen LogP contribution in [0.1, 0.15) is 6.42 Å². The summed E-state index contributed by atoms with van der Waals surface area (Å²) in [6.45, 7) is 3.30. The number of carbonyl (C=O) groups is 2. The molecule has 1 aliphatic rings. The van der Waals surface area contributed by atoms with Crippen molar-refractivity contribution in [1.29, 1.82) is 0 Å². The van der Waals surface area contributed by atoms with E-state index in [1.54, 1.807) is 6.07 Å². The summed E-state index contributed by atoms with van der Waals surface area (Å²) in [6, 6.07) is 6.45. The number of piperazine rings is 1. The molecule has 1 saturated heterocycles. The fourth-order valence-electron chi connectivity index (χ4n) is 2.69. The molecule has 0 spiro atoms. The highest BCUT2D eigenvalue weighted by Crippen LogP contribution is 2.21. The van der Waals surface area contributed by atoms with Crippen LogP contribution >= 0.6 is 15.9 Å². The molecule has 120 valence electrons. The topological polar surface area (TPSA) is 78.1 Å². The van der Waals surface area contributed by atoms with Gasteiger partial charge in [-0.1, -0.05) is 12.1 Å². The van der Waals surface area contributed by atoms with Gasteiger partial charge in [0.2, 0.25) is 5.91 Å². The number of quaternary nitrogens is 2. The lowest BCUT2D eigenvalue weighted by molar-refractivity contribution is -1.01. The van der Waals surface area contributed by atoms with Crippen molar-refractivity contribution in [3.63, 3.8) is 0 Å². The summed E-state index contributed by atoms with van der Waals surface area (Å²) in [6.07, 6.45) is -0.0714. The van der Waals surface area contributed by atoms with Gasteiger partial charge < -0.3 is 25.0 Å². The first-order chi connectivity index (χ1) is 10.5. The summed E-state index contributed by atoms with van der Waals surface area (Å²) in [5.74, 6) is -1.46. The van der Waals surface area contributed by atoms with Crippen LogP contribution in [0.3, 0.4) is 0 Å². The molecular weight excluding hydrogens is 350 g/mol. The maximum absolute atomic E-state index is 12.1. The Bertz CT molecular complexity index is 545. The predicted octanol–water partition coefficient (Wildman–Crippen LogP) is -2.69. The van der Waals surface area contributed by atoms with E-state index in [2.05, 4.69) is 28.3 Å². The van der Waals surface area contributed by atoms with Crippen LogP contribution in [-0.2, 0) is 9.59 Å². The summed E-state index contributed by atoms with van der Waals surface area (Å²) in [4.78, 5) is 25.9. The minimum absolute atomic E-state index is 0.0714. The Morgan fingerprint density at radius 2 is 1.91 bits per heavy atom. The third-order valence-electron chi connectivity index (χ3n) is 4.06. The van der Waals surface area contributed by atoms with Crippen LogP contribution in [0.15, 0.2) is 28.7 Å². The normalized spacial score (nSPS) is 22.8. The molecule has 1 fully saturated rings. The SMILES string of the molecule is C[NH+]1CC[NH+]([C@@H](CC(=O)Nc2ccccc2Br)C(=O)[O-])CC1. The fraction of sp³-hybridized carbons (Fsp3) is 0.467. The highest BCUT2D eigenvalue weighted by atomic mass is 79.9. The predicted molar refractivity (Wildman–Crippen MR) is 83.5 cm³/mol. The molecule has 1 atom stereocenters. The van der Waals surface area contributed by atoms with Crippen LogP contribution < -0.4 is 20.2 Å². The molecule has 0 bridgehead atoms. The molecule has 2 rings (SSSR count). The molecule has 0 aromatic heterocycles. The summed E-state index contributed by atoms with van der Waals surface area (Å²) in [7, 11) is 2.09. The number of likely N-dealkylation sites (N-methyl/N-ethyl adjacent to an activating group) is 1. The van der Waals surface area contributed by atoms with E-state index < -0.39 is 12.0 Å². The number of carboxylic acid groups (broad SMARTS) is 1. The monoisotopic (exact) mass is 370 g/mol. The van der Waals surface area contributed by atoms with Crippen molar-refractivity contribution >= 4 is 33.5 Å². The van der Waals surface area contributed by atoms with Gasteiger partial charge in [0.15, 0.2) is 0 Å². The smallest absolute Gasteiger partial charge is 0.230 e. The molecule has 1 aromatic rings. The maximum Gasteiger partial charge on any atom is 0.230 e. The van der Waals surface area contributed by atoms with Gasteiger partial charge in [-0.25, -0.2) is 0 Å². The molecule has 1 aliphatic heterocycles. The quantitative estimate of drug-likeness (QED) is 0.528. The van der Waals surface area contributed by atoms with Gasteiger partial charge in [-0.05, 0) is 28.1 Å². The molecule has 22 heavy (non-hydrogen) atoms. The number of aliphatic carboxylic acids is 1. The van der Waals surface area contributed by atoms with Crippen LogP contribution in [0.25, 0.3) is 0 Å². The Morgan fingerprint density at radius 3 is 2.50 bits per heavy atom. The second kappa shape index (κ2) is 7.71. The number of amides is 1. The third-order valence-corrected chi connectivity index (χ3v) is 4.75. The number of anilines is 1. The zero-order valence-electron chi connectivity index (χ0n) is 12.5. The van der Waals surface area contributed by atoms with E-state index in [9.17, 15) is 14.7 Å². The molecule has 1 heterocycles. The Kier molecular flexibility index (Phi) is 5.93. The maximum atomic E-state index is 12.1. The zero-order valence-corrected chi connectivity index (χ0v) is 14.1. The van der Waals surface area contributed by atoms with Crippen LogP contribution in [0.4, 0.5) is 5.69 Å². The Hall–Kier alpha value is -1.44. The van der Waals surface area contributed by atoms with E-state index in [4.69, 9.17) is 0 Å². The van der Waals surface area contributed by atoms with Crippen molar-refractivity contribution in [2.45, 2.75) is 12.5 Å². The highest BCUT2D eigenvalue weighted by Gasteiger charge is 2.30. The molecule has 6 nitrogen and oxygen atoms in total. The lowest BCUT2D eigenvalue weighted by Gasteiger charge is -2.33. The summed E-state index contributed by atoms with van der Waals surface area (Å²) in [5.41, 5.74) is 0.641. The largest absolute Gasteiger partial charge is 0.544 e. The van der Waals surface area contributed by atoms with E-state index in [1.165, 1.54) is 4.90 Å². The Labute approximate surface area is 138 Å². The number of nitrogens with one attached hydrogen (secondary N) is 3. The Morgan fingerprint density at radius 1 is 1.27 bits per heavy atom. The molecule has 0 aliphatic carbocycles. The molecule has 1 amide bonds. The Balaban J connectivity index is 1.97. The van der Waals surface area contributed by atoms with Gasteiger partial charge >= 0.3 is 0 Å². The van der Waals surface area contributed by atoms with Gasteiger partial charge in [0.05, 0.1) is 25.1 Å². The molecular formula is C15H21BrN3O3+. The standard InChI is InChI=1S/C15H20BrN3O3/c1-18-6-8-19(9-7-18)13(15(21)22)10-14(20)17-12-5-3-2-4-11(12)16/h2-5,13H,6-10H2,1H3,(H,17,20)(H,21,22)/p+1/t13-/m0/s1. The van der Waals surface area contributed by atoms with Gasteiger partial charge in [0.25, 0.3) is 0 Å². The van der Waals surface area contributed by atoms with Crippen molar-refractivity contribution in [2.75, 3.05) is 38.5 Å². The highest BCUT2D eigenvalue weighted by molar-refractivity contribution is 9.10. The van der Waals surface area contributed by atoms with Crippen molar-refractivity contribution in [1.82, 2.24) is 0 Å². The number of hydrogen-bond donors (Lipinski definition) is 3. The van der Waals surface area contributed by atoms with Crippen molar-refractivity contribution in [3.05, 3.63) is 28.7 Å². The van der Waals surface area contributed by atoms with E-state index in [1.807, 2.05) is 18.2 Å². The van der Waals surface area contributed by atoms with Gasteiger partial charge in [-0.3, -0.25) is 4.79 Å². The second-order valence-corrected chi connectivity index (χ2v) is 6.57. The number of carboxylic acids is 1. The summed E-state index contributed by atoms with van der Waals surface area (Å²) in [5, 5.41) is 14.2. The van der Waals surface area contributed by atoms with Crippen LogP contribution in [0, 0.1) is 0 Å². The molecule has 3 N–H and O–H groups in total. The number of rotatable bonds is 5. The number of carbonyl (C=O) groups excluding carboxylic acids is 2. The van der Waals surface area contributed by atoms with Crippen LogP contribution in [0.5, 0.6) is 0 Å².